The zero-order valence-electron chi connectivity index (χ0n) is 7.89. The van der Waals surface area contributed by atoms with Gasteiger partial charge in [-0.3, -0.25) is 0 Å². The fourth-order valence-corrected chi connectivity index (χ4v) is 1.70. The highest BCUT2D eigenvalue weighted by atomic mass is 35.5. The molecule has 0 atom stereocenters. The van der Waals surface area contributed by atoms with Crippen molar-refractivity contribution in [3.8, 4) is 0 Å². The van der Waals surface area contributed by atoms with Crippen molar-refractivity contribution in [3.05, 3.63) is 29.0 Å². The topological polar surface area (TPSA) is 12.0 Å². The SMILES string of the molecule is Fc1cccc(Cl)c1NCCC1CC1. The largest absolute Gasteiger partial charge is 0.381 e. The van der Waals surface area contributed by atoms with Gasteiger partial charge in [0.15, 0.2) is 0 Å². The summed E-state index contributed by atoms with van der Waals surface area (Å²) in [5, 5.41) is 3.50. The third kappa shape index (κ3) is 2.38. The van der Waals surface area contributed by atoms with Gasteiger partial charge in [-0.1, -0.05) is 30.5 Å². The highest BCUT2D eigenvalue weighted by molar-refractivity contribution is 6.33. The van der Waals surface area contributed by atoms with Gasteiger partial charge in [0.2, 0.25) is 0 Å². The molecule has 1 nitrogen and oxygen atoms in total. The van der Waals surface area contributed by atoms with Crippen LogP contribution in [0.3, 0.4) is 0 Å². The van der Waals surface area contributed by atoms with Crippen LogP contribution in [0.25, 0.3) is 0 Å². The number of para-hydroxylation sites is 1. The number of hydrogen-bond acceptors (Lipinski definition) is 1. The molecule has 1 aliphatic rings. The van der Waals surface area contributed by atoms with Crippen LogP contribution in [-0.4, -0.2) is 6.54 Å². The van der Waals surface area contributed by atoms with Crippen molar-refractivity contribution >= 4 is 17.3 Å². The summed E-state index contributed by atoms with van der Waals surface area (Å²) in [6.07, 6.45) is 3.77. The van der Waals surface area contributed by atoms with Gasteiger partial charge in [-0.2, -0.15) is 0 Å². The zero-order valence-corrected chi connectivity index (χ0v) is 8.65. The van der Waals surface area contributed by atoms with Crippen LogP contribution in [0.2, 0.25) is 5.02 Å². The summed E-state index contributed by atoms with van der Waals surface area (Å²) in [5.74, 6) is 0.585. The Balaban J connectivity index is 1.92. The third-order valence-corrected chi connectivity index (χ3v) is 2.83. The summed E-state index contributed by atoms with van der Waals surface area (Å²) >= 11 is 5.86. The highest BCUT2D eigenvalue weighted by Gasteiger charge is 2.20. The fraction of sp³-hybridized carbons (Fsp3) is 0.455. The van der Waals surface area contributed by atoms with E-state index < -0.39 is 0 Å². The van der Waals surface area contributed by atoms with E-state index >= 15 is 0 Å². The molecule has 1 fully saturated rings. The summed E-state index contributed by atoms with van der Waals surface area (Å²) in [5.41, 5.74) is 0.440. The number of nitrogens with one attached hydrogen (secondary N) is 1. The van der Waals surface area contributed by atoms with E-state index in [1.807, 2.05) is 0 Å². The molecule has 76 valence electrons. The first-order valence-electron chi connectivity index (χ1n) is 4.95. The maximum absolute atomic E-state index is 13.2. The van der Waals surface area contributed by atoms with Gasteiger partial charge in [0.25, 0.3) is 0 Å². The van der Waals surface area contributed by atoms with Crippen molar-refractivity contribution in [2.75, 3.05) is 11.9 Å². The molecule has 1 N–H and O–H groups in total. The Bertz CT molecular complexity index is 303. The molecule has 0 bridgehead atoms. The number of hydrogen-bond donors (Lipinski definition) is 1. The average molecular weight is 214 g/mol. The Kier molecular flexibility index (Phi) is 2.92. The first kappa shape index (κ1) is 9.78. The minimum Gasteiger partial charge on any atom is -0.381 e. The molecule has 0 spiro atoms. The smallest absolute Gasteiger partial charge is 0.147 e. The quantitative estimate of drug-likeness (QED) is 0.805. The van der Waals surface area contributed by atoms with Crippen LogP contribution in [0.5, 0.6) is 0 Å². The van der Waals surface area contributed by atoms with Crippen LogP contribution in [0, 0.1) is 11.7 Å². The number of rotatable bonds is 4. The normalized spacial score (nSPS) is 15.6. The van der Waals surface area contributed by atoms with Gasteiger partial charge in [0.05, 0.1) is 10.7 Å². The molecule has 0 aromatic heterocycles. The minimum atomic E-state index is -0.270. The Hall–Kier alpha value is -0.760. The van der Waals surface area contributed by atoms with Crippen molar-refractivity contribution in [1.29, 1.82) is 0 Å². The molecule has 14 heavy (non-hydrogen) atoms. The summed E-state index contributed by atoms with van der Waals surface area (Å²) in [6.45, 7) is 0.811. The van der Waals surface area contributed by atoms with Crippen molar-refractivity contribution in [1.82, 2.24) is 0 Å². The van der Waals surface area contributed by atoms with Crippen LogP contribution >= 0.6 is 11.6 Å². The fourth-order valence-electron chi connectivity index (χ4n) is 1.47. The minimum absolute atomic E-state index is 0.270. The van der Waals surface area contributed by atoms with E-state index in [-0.39, 0.29) is 5.82 Å². The lowest BCUT2D eigenvalue weighted by Crippen LogP contribution is -2.04. The summed E-state index contributed by atoms with van der Waals surface area (Å²) in [6, 6.07) is 4.74. The number of benzene rings is 1. The van der Waals surface area contributed by atoms with E-state index in [1.165, 1.54) is 18.9 Å². The molecule has 0 aliphatic heterocycles. The van der Waals surface area contributed by atoms with E-state index in [0.717, 1.165) is 18.9 Å². The first-order chi connectivity index (χ1) is 6.77. The van der Waals surface area contributed by atoms with Crippen molar-refractivity contribution in [3.63, 3.8) is 0 Å². The van der Waals surface area contributed by atoms with Crippen LogP contribution < -0.4 is 5.32 Å². The predicted molar refractivity (Wildman–Crippen MR) is 57.2 cm³/mol. The average Bonchev–Trinajstić information content (AvgIpc) is 2.94. The summed E-state index contributed by atoms with van der Waals surface area (Å²) in [4.78, 5) is 0. The third-order valence-electron chi connectivity index (χ3n) is 2.51. The first-order valence-corrected chi connectivity index (χ1v) is 5.33. The number of anilines is 1. The Morgan fingerprint density at radius 1 is 1.43 bits per heavy atom. The maximum atomic E-state index is 13.2. The van der Waals surface area contributed by atoms with Crippen molar-refractivity contribution in [2.45, 2.75) is 19.3 Å². The zero-order chi connectivity index (χ0) is 9.97. The van der Waals surface area contributed by atoms with Crippen LogP contribution in [0.4, 0.5) is 10.1 Å². The molecule has 1 aromatic rings. The highest BCUT2D eigenvalue weighted by Crippen LogP contribution is 2.32. The van der Waals surface area contributed by atoms with E-state index in [4.69, 9.17) is 11.6 Å². The van der Waals surface area contributed by atoms with Gasteiger partial charge in [-0.25, -0.2) is 4.39 Å². The van der Waals surface area contributed by atoms with Gasteiger partial charge < -0.3 is 5.32 Å². The second-order valence-electron chi connectivity index (χ2n) is 3.76. The van der Waals surface area contributed by atoms with Gasteiger partial charge >= 0.3 is 0 Å². The molecule has 1 aliphatic carbocycles. The molecule has 0 radical (unpaired) electrons. The van der Waals surface area contributed by atoms with Gasteiger partial charge in [0.1, 0.15) is 5.82 Å². The standard InChI is InChI=1S/C11H13ClFN/c12-9-2-1-3-10(13)11(9)14-7-6-8-4-5-8/h1-3,8,14H,4-7H2. The molecule has 0 unspecified atom stereocenters. The summed E-state index contributed by atoms with van der Waals surface area (Å²) < 4.78 is 13.2. The van der Waals surface area contributed by atoms with Gasteiger partial charge in [-0.15, -0.1) is 0 Å². The second kappa shape index (κ2) is 4.18. The molecule has 2 rings (SSSR count). The van der Waals surface area contributed by atoms with Crippen LogP contribution in [0.15, 0.2) is 18.2 Å². The summed E-state index contributed by atoms with van der Waals surface area (Å²) in [7, 11) is 0. The molecule has 0 saturated heterocycles. The molecular formula is C11H13ClFN. The van der Waals surface area contributed by atoms with Crippen molar-refractivity contribution in [2.24, 2.45) is 5.92 Å². The van der Waals surface area contributed by atoms with Crippen LogP contribution in [0.1, 0.15) is 19.3 Å². The predicted octanol–water partition coefficient (Wildman–Crippen LogP) is 3.69. The Labute approximate surface area is 88.3 Å². The van der Waals surface area contributed by atoms with E-state index in [2.05, 4.69) is 5.32 Å². The monoisotopic (exact) mass is 213 g/mol. The van der Waals surface area contributed by atoms with E-state index in [9.17, 15) is 4.39 Å². The molecule has 0 heterocycles. The number of halogens is 2. The van der Waals surface area contributed by atoms with E-state index in [1.54, 1.807) is 12.1 Å². The Morgan fingerprint density at radius 3 is 2.86 bits per heavy atom. The van der Waals surface area contributed by atoms with E-state index in [0.29, 0.717) is 10.7 Å². The molecule has 3 heteroatoms. The molecular weight excluding hydrogens is 201 g/mol. The molecule has 0 amide bonds. The van der Waals surface area contributed by atoms with Gasteiger partial charge in [0, 0.05) is 6.54 Å². The lowest BCUT2D eigenvalue weighted by molar-refractivity contribution is 0.628. The molecule has 1 aromatic carbocycles. The van der Waals surface area contributed by atoms with Crippen molar-refractivity contribution < 1.29 is 4.39 Å². The molecule has 1 saturated carbocycles. The van der Waals surface area contributed by atoms with Gasteiger partial charge in [-0.05, 0) is 24.5 Å². The lowest BCUT2D eigenvalue weighted by Gasteiger charge is -2.08. The van der Waals surface area contributed by atoms with Crippen LogP contribution in [-0.2, 0) is 0 Å². The lowest BCUT2D eigenvalue weighted by atomic mass is 10.2. The maximum Gasteiger partial charge on any atom is 0.147 e. The second-order valence-corrected chi connectivity index (χ2v) is 4.16. The Morgan fingerprint density at radius 2 is 2.21 bits per heavy atom.